The second-order valence-electron chi connectivity index (χ2n) is 7.33. The van der Waals surface area contributed by atoms with Gasteiger partial charge in [0.15, 0.2) is 9.34 Å². The molecule has 0 spiro atoms. The number of carbonyl (C=O) groups is 1. The van der Waals surface area contributed by atoms with Crippen LogP contribution in [0.15, 0.2) is 58.9 Å². The van der Waals surface area contributed by atoms with Crippen LogP contribution in [0.4, 0.5) is 16.5 Å². The van der Waals surface area contributed by atoms with Gasteiger partial charge in [-0.25, -0.2) is 18.1 Å². The summed E-state index contributed by atoms with van der Waals surface area (Å²) in [6.45, 7) is 2.35. The molecule has 162 valence electrons. The molecule has 3 aromatic rings. The van der Waals surface area contributed by atoms with Gasteiger partial charge in [0.05, 0.1) is 6.20 Å². The van der Waals surface area contributed by atoms with Crippen molar-refractivity contribution in [1.82, 2.24) is 9.71 Å². The minimum Gasteiger partial charge on any atom is -0.341 e. The Morgan fingerprint density at radius 1 is 1.06 bits per heavy atom. The highest BCUT2D eigenvalue weighted by atomic mass is 32.2. The molecular formula is C22H24N4O3S2. The van der Waals surface area contributed by atoms with Crippen LogP contribution in [0, 0.1) is 0 Å². The van der Waals surface area contributed by atoms with Crippen LogP contribution >= 0.6 is 11.3 Å². The van der Waals surface area contributed by atoms with Crippen molar-refractivity contribution < 1.29 is 13.2 Å². The summed E-state index contributed by atoms with van der Waals surface area (Å²) in [6, 6.07) is 16.8. The van der Waals surface area contributed by atoms with Crippen molar-refractivity contribution in [3.63, 3.8) is 0 Å². The van der Waals surface area contributed by atoms with E-state index >= 15 is 0 Å². The molecule has 2 heterocycles. The lowest BCUT2D eigenvalue weighted by molar-refractivity contribution is -0.114. The average molecular weight is 457 g/mol. The Morgan fingerprint density at radius 3 is 2.29 bits per heavy atom. The van der Waals surface area contributed by atoms with Crippen molar-refractivity contribution in [2.45, 2.75) is 30.4 Å². The second kappa shape index (κ2) is 9.17. The number of aromatic nitrogens is 1. The molecule has 4 rings (SSSR count). The monoisotopic (exact) mass is 456 g/mol. The molecule has 2 N–H and O–H groups in total. The number of nitrogens with zero attached hydrogens (tertiary/aromatic N) is 2. The first-order valence-electron chi connectivity index (χ1n) is 10.1. The third kappa shape index (κ3) is 4.95. The lowest BCUT2D eigenvalue weighted by Crippen LogP contribution is -2.28. The highest BCUT2D eigenvalue weighted by molar-refractivity contribution is 7.91. The molecule has 9 heteroatoms. The number of sulfonamides is 1. The molecule has 0 fully saturated rings. The maximum atomic E-state index is 12.6. The van der Waals surface area contributed by atoms with Crippen molar-refractivity contribution in [3.8, 4) is 0 Å². The van der Waals surface area contributed by atoms with Crippen molar-refractivity contribution in [3.05, 3.63) is 65.9 Å². The lowest BCUT2D eigenvalue weighted by atomic mass is 10.0. The molecule has 1 aliphatic rings. The zero-order valence-corrected chi connectivity index (χ0v) is 18.8. The van der Waals surface area contributed by atoms with Crippen LogP contribution in [0.25, 0.3) is 0 Å². The van der Waals surface area contributed by atoms with E-state index in [1.165, 1.54) is 35.6 Å². The largest absolute Gasteiger partial charge is 0.341 e. The van der Waals surface area contributed by atoms with E-state index in [2.05, 4.69) is 56.3 Å². The van der Waals surface area contributed by atoms with Gasteiger partial charge < -0.3 is 10.2 Å². The Hall–Kier alpha value is -2.75. The maximum absolute atomic E-state index is 12.6. The topological polar surface area (TPSA) is 91.4 Å². The minimum absolute atomic E-state index is 0.0849. The van der Waals surface area contributed by atoms with Crippen LogP contribution in [0.2, 0.25) is 0 Å². The van der Waals surface area contributed by atoms with Gasteiger partial charge in [0.25, 0.3) is 10.0 Å². The first kappa shape index (κ1) is 21.5. The van der Waals surface area contributed by atoms with Gasteiger partial charge in [-0.3, -0.25) is 4.79 Å². The Morgan fingerprint density at radius 2 is 1.68 bits per heavy atom. The van der Waals surface area contributed by atoms with Crippen molar-refractivity contribution in [2.24, 2.45) is 0 Å². The Balaban J connectivity index is 1.44. The lowest BCUT2D eigenvalue weighted by Gasteiger charge is -2.27. The molecule has 0 bridgehead atoms. The van der Waals surface area contributed by atoms with E-state index in [1.807, 2.05) is 12.1 Å². The number of para-hydroxylation sites is 2. The van der Waals surface area contributed by atoms with Gasteiger partial charge in [-0.1, -0.05) is 47.7 Å². The molecule has 0 radical (unpaired) electrons. The summed E-state index contributed by atoms with van der Waals surface area (Å²) in [5.74, 6) is -0.288. The van der Waals surface area contributed by atoms with Crippen LogP contribution in [0.3, 0.4) is 0 Å². The fourth-order valence-corrected chi connectivity index (χ4v) is 5.91. The van der Waals surface area contributed by atoms with Gasteiger partial charge in [0.2, 0.25) is 5.91 Å². The molecular weight excluding hydrogens is 432 g/mol. The number of amides is 1. The first-order chi connectivity index (χ1) is 14.9. The zero-order valence-electron chi connectivity index (χ0n) is 17.2. The van der Waals surface area contributed by atoms with E-state index < -0.39 is 10.0 Å². The van der Waals surface area contributed by atoms with E-state index in [1.54, 1.807) is 0 Å². The molecule has 1 aromatic heterocycles. The van der Waals surface area contributed by atoms with Gasteiger partial charge in [0.1, 0.15) is 0 Å². The number of aryl methyl sites for hydroxylation is 2. The summed E-state index contributed by atoms with van der Waals surface area (Å²) < 4.78 is 27.9. The summed E-state index contributed by atoms with van der Waals surface area (Å²) in [7, 11) is -3.67. The quantitative estimate of drug-likeness (QED) is 0.529. The van der Waals surface area contributed by atoms with Gasteiger partial charge >= 0.3 is 0 Å². The van der Waals surface area contributed by atoms with Crippen molar-refractivity contribution in [2.75, 3.05) is 23.3 Å². The number of carbonyl (C=O) groups excluding carboxylic acids is 1. The molecule has 0 aliphatic carbocycles. The van der Waals surface area contributed by atoms with E-state index in [4.69, 9.17) is 0 Å². The number of benzene rings is 2. The highest BCUT2D eigenvalue weighted by Gasteiger charge is 2.21. The van der Waals surface area contributed by atoms with Crippen LogP contribution in [-0.4, -0.2) is 32.4 Å². The number of hydrogen-bond acceptors (Lipinski definition) is 6. The predicted molar refractivity (Wildman–Crippen MR) is 124 cm³/mol. The second-order valence-corrected chi connectivity index (χ2v) is 10.4. The third-order valence-corrected chi connectivity index (χ3v) is 7.95. The number of anilines is 3. The zero-order chi connectivity index (χ0) is 21.8. The van der Waals surface area contributed by atoms with Gasteiger partial charge in [0, 0.05) is 31.4 Å². The third-order valence-electron chi connectivity index (χ3n) is 5.11. The molecule has 0 saturated heterocycles. The Labute approximate surface area is 186 Å². The standard InChI is InChI=1S/C22H24N4O3S2/c1-16(27)25-22-23-15-21(30-22)31(28,29)24-13-6-14-26-19-9-4-2-7-17(19)11-12-18-8-3-5-10-20(18)26/h2-5,7-10,15,24H,6,11-14H2,1H3,(H,23,25,27). The van der Waals surface area contributed by atoms with E-state index in [9.17, 15) is 13.2 Å². The van der Waals surface area contributed by atoms with Crippen LogP contribution in [0.1, 0.15) is 24.5 Å². The molecule has 0 saturated carbocycles. The summed E-state index contributed by atoms with van der Waals surface area (Å²) in [4.78, 5) is 17.3. The van der Waals surface area contributed by atoms with Gasteiger partial charge in [-0.15, -0.1) is 0 Å². The number of fused-ring (bicyclic) bond motifs is 2. The molecule has 31 heavy (non-hydrogen) atoms. The number of hydrogen-bond donors (Lipinski definition) is 2. The van der Waals surface area contributed by atoms with Crippen molar-refractivity contribution >= 4 is 43.8 Å². The first-order valence-corrected chi connectivity index (χ1v) is 12.4. The smallest absolute Gasteiger partial charge is 0.251 e. The summed E-state index contributed by atoms with van der Waals surface area (Å²) in [6.07, 6.45) is 3.87. The van der Waals surface area contributed by atoms with Gasteiger partial charge in [-0.05, 0) is 42.5 Å². The fraction of sp³-hybridized carbons (Fsp3) is 0.273. The highest BCUT2D eigenvalue weighted by Crippen LogP contribution is 2.35. The Bertz CT molecular complexity index is 1140. The molecule has 1 amide bonds. The molecule has 2 aromatic carbocycles. The fourth-order valence-electron chi connectivity index (χ4n) is 3.72. The molecule has 7 nitrogen and oxygen atoms in total. The number of thiazole rings is 1. The molecule has 1 aliphatic heterocycles. The van der Waals surface area contributed by atoms with E-state index in [-0.39, 0.29) is 15.2 Å². The van der Waals surface area contributed by atoms with E-state index in [0.717, 1.165) is 24.2 Å². The van der Waals surface area contributed by atoms with E-state index in [0.29, 0.717) is 19.5 Å². The normalized spacial score (nSPS) is 13.3. The predicted octanol–water partition coefficient (Wildman–Crippen LogP) is 3.71. The summed E-state index contributed by atoms with van der Waals surface area (Å²) in [5, 5.41) is 2.77. The van der Waals surface area contributed by atoms with Crippen LogP contribution in [0.5, 0.6) is 0 Å². The molecule has 0 unspecified atom stereocenters. The number of nitrogens with one attached hydrogen (secondary N) is 2. The van der Waals surface area contributed by atoms with Crippen LogP contribution < -0.4 is 14.9 Å². The number of rotatable bonds is 7. The summed E-state index contributed by atoms with van der Waals surface area (Å²) >= 11 is 0.934. The van der Waals surface area contributed by atoms with Crippen molar-refractivity contribution in [1.29, 1.82) is 0 Å². The molecule has 0 atom stereocenters. The Kier molecular flexibility index (Phi) is 6.35. The van der Waals surface area contributed by atoms with Crippen LogP contribution in [-0.2, 0) is 27.7 Å². The average Bonchev–Trinajstić information content (AvgIpc) is 3.15. The maximum Gasteiger partial charge on any atom is 0.251 e. The summed E-state index contributed by atoms with van der Waals surface area (Å²) in [5.41, 5.74) is 4.96. The SMILES string of the molecule is CC(=O)Nc1ncc(S(=O)(=O)NCCCN2c3ccccc3CCc3ccccc32)s1. The van der Waals surface area contributed by atoms with Gasteiger partial charge in [-0.2, -0.15) is 0 Å². The minimum atomic E-state index is -3.67.